The molecule has 3 radical (unpaired) electrons. The molecule has 0 spiro atoms. The van der Waals surface area contributed by atoms with Crippen molar-refractivity contribution in [2.75, 3.05) is 19.1 Å². The molecule has 0 saturated heterocycles. The first kappa shape index (κ1) is 17.3. The minimum Gasteiger partial charge on any atom is -0.396 e. The highest BCUT2D eigenvalue weighted by atomic mass is 32.2. The summed E-state index contributed by atoms with van der Waals surface area (Å²) in [5.41, 5.74) is 0.463. The van der Waals surface area contributed by atoms with Crippen molar-refractivity contribution in [2.24, 2.45) is 0 Å². The first-order valence-corrected chi connectivity index (χ1v) is 5.90. The number of thioether (sulfide) groups is 1. The number of aliphatic hydroxyl groups is 1. The summed E-state index contributed by atoms with van der Waals surface area (Å²) in [4.78, 5) is 13.4. The van der Waals surface area contributed by atoms with Gasteiger partial charge >= 0.3 is 5.82 Å². The van der Waals surface area contributed by atoms with Crippen molar-refractivity contribution in [2.45, 2.75) is 6.42 Å². The number of rotatable bonds is 3. The van der Waals surface area contributed by atoms with Gasteiger partial charge in [-0.15, -0.1) is 0 Å². The van der Waals surface area contributed by atoms with Crippen molar-refractivity contribution in [3.05, 3.63) is 34.0 Å². The molecule has 87 valence electrons. The molecule has 0 aliphatic heterocycles. The fraction of sp³-hybridized carbons (Fsp3) is 0.444. The van der Waals surface area contributed by atoms with Crippen molar-refractivity contribution in [1.82, 2.24) is 4.98 Å². The average molecular weight is 241 g/mol. The van der Waals surface area contributed by atoms with Gasteiger partial charge in [-0.3, -0.25) is 0 Å². The Morgan fingerprint density at radius 1 is 1.56 bits per heavy atom. The number of nitrogens with zero attached hydrogens (tertiary/aromatic N) is 2. The fourth-order valence-electron chi connectivity index (χ4n) is 0.910. The highest BCUT2D eigenvalue weighted by molar-refractivity contribution is 7.97. The van der Waals surface area contributed by atoms with E-state index in [1.807, 2.05) is 12.5 Å². The molecular weight excluding hydrogens is 227 g/mol. The zero-order chi connectivity index (χ0) is 11.7. The summed E-state index contributed by atoms with van der Waals surface area (Å²) in [7, 11) is 0. The quantitative estimate of drug-likeness (QED) is 0.487. The van der Waals surface area contributed by atoms with E-state index in [-0.39, 0.29) is 27.3 Å². The van der Waals surface area contributed by atoms with Gasteiger partial charge in [0.1, 0.15) is 6.20 Å². The maximum absolute atomic E-state index is 10.4. The number of nitro groups is 1. The third kappa shape index (κ3) is 6.42. The Morgan fingerprint density at radius 2 is 2.12 bits per heavy atom. The van der Waals surface area contributed by atoms with Crippen molar-refractivity contribution in [3.63, 3.8) is 0 Å². The largest absolute Gasteiger partial charge is 0.396 e. The van der Waals surface area contributed by atoms with Gasteiger partial charge in [-0.25, -0.2) is 0 Å². The number of aromatic nitrogens is 1. The lowest BCUT2D eigenvalue weighted by Gasteiger charge is -1.97. The van der Waals surface area contributed by atoms with E-state index in [0.29, 0.717) is 5.56 Å². The van der Waals surface area contributed by atoms with Gasteiger partial charge in [0.15, 0.2) is 0 Å². The first-order chi connectivity index (χ1) is 7.17. The Balaban J connectivity index is 0. The molecular formula is C9H14BN2O3S. The lowest BCUT2D eigenvalue weighted by atomic mass is 10.2. The van der Waals surface area contributed by atoms with Crippen LogP contribution < -0.4 is 0 Å². The van der Waals surface area contributed by atoms with E-state index in [9.17, 15) is 10.1 Å². The molecule has 0 aromatic carbocycles. The fourth-order valence-corrected chi connectivity index (χ4v) is 0.910. The van der Waals surface area contributed by atoms with Gasteiger partial charge in [0.05, 0.1) is 5.56 Å². The lowest BCUT2D eigenvalue weighted by Crippen LogP contribution is -1.99. The third-order valence-electron chi connectivity index (χ3n) is 1.42. The van der Waals surface area contributed by atoms with Crippen molar-refractivity contribution >= 4 is 26.0 Å². The predicted octanol–water partition coefficient (Wildman–Crippen LogP) is 1.12. The summed E-state index contributed by atoms with van der Waals surface area (Å²) in [6.45, 7) is -0.105. The molecule has 0 aliphatic carbocycles. The number of pyridine rings is 1. The SMILES string of the molecule is CSC.O=[N+]([O-])c1ncccc1CCO.[B]. The molecule has 1 aromatic rings. The summed E-state index contributed by atoms with van der Waals surface area (Å²) in [6.07, 6.45) is 5.71. The van der Waals surface area contributed by atoms with Gasteiger partial charge in [-0.2, -0.15) is 11.8 Å². The van der Waals surface area contributed by atoms with E-state index in [0.717, 1.165) is 0 Å². The normalized spacial score (nSPS) is 8.44. The Morgan fingerprint density at radius 3 is 2.56 bits per heavy atom. The van der Waals surface area contributed by atoms with Gasteiger partial charge in [0.25, 0.3) is 0 Å². The molecule has 5 nitrogen and oxygen atoms in total. The van der Waals surface area contributed by atoms with E-state index in [1.54, 1.807) is 23.9 Å². The summed E-state index contributed by atoms with van der Waals surface area (Å²) in [6, 6.07) is 3.19. The molecule has 16 heavy (non-hydrogen) atoms. The summed E-state index contributed by atoms with van der Waals surface area (Å²) >= 11 is 1.75. The number of hydrogen-bond acceptors (Lipinski definition) is 5. The molecule has 0 amide bonds. The van der Waals surface area contributed by atoms with Gasteiger partial charge in [0, 0.05) is 21.4 Å². The minimum absolute atomic E-state index is 0. The standard InChI is InChI=1S/C7H8N2O3.C2H6S.B/c10-5-3-6-2-1-4-8-7(6)9(11)12;1-3-2;/h1-2,4,10H,3,5H2;1-2H3;. The van der Waals surface area contributed by atoms with E-state index in [2.05, 4.69) is 4.98 Å². The van der Waals surface area contributed by atoms with Crippen molar-refractivity contribution in [3.8, 4) is 0 Å². The molecule has 7 heteroatoms. The maximum Gasteiger partial charge on any atom is 0.366 e. The molecule has 1 heterocycles. The molecule has 0 fully saturated rings. The van der Waals surface area contributed by atoms with Crippen LogP contribution in [-0.2, 0) is 6.42 Å². The van der Waals surface area contributed by atoms with Crippen LogP contribution in [0.3, 0.4) is 0 Å². The monoisotopic (exact) mass is 241 g/mol. The Bertz CT molecular complexity index is 313. The van der Waals surface area contributed by atoms with Gasteiger partial charge in [-0.05, 0) is 34.6 Å². The van der Waals surface area contributed by atoms with Gasteiger partial charge in [0.2, 0.25) is 0 Å². The molecule has 0 atom stereocenters. The zero-order valence-electron chi connectivity index (χ0n) is 9.29. The van der Waals surface area contributed by atoms with Crippen LogP contribution in [0.4, 0.5) is 5.82 Å². The minimum atomic E-state index is -0.551. The average Bonchev–Trinajstić information content (AvgIpc) is 2.20. The molecule has 0 saturated carbocycles. The summed E-state index contributed by atoms with van der Waals surface area (Å²) in [5.74, 6) is -0.174. The molecule has 1 N–H and O–H groups in total. The van der Waals surface area contributed by atoms with Crippen LogP contribution in [0.15, 0.2) is 18.3 Å². The molecule has 1 rings (SSSR count). The highest BCUT2D eigenvalue weighted by Crippen LogP contribution is 2.13. The summed E-state index contributed by atoms with van der Waals surface area (Å²) < 4.78 is 0. The van der Waals surface area contributed by atoms with E-state index < -0.39 is 4.92 Å². The van der Waals surface area contributed by atoms with Crippen LogP contribution in [-0.4, -0.2) is 42.5 Å². The van der Waals surface area contributed by atoms with Crippen molar-refractivity contribution in [1.29, 1.82) is 0 Å². The van der Waals surface area contributed by atoms with E-state index in [1.165, 1.54) is 6.20 Å². The smallest absolute Gasteiger partial charge is 0.366 e. The van der Waals surface area contributed by atoms with Crippen LogP contribution in [0.1, 0.15) is 5.56 Å². The maximum atomic E-state index is 10.4. The second-order valence-electron chi connectivity index (χ2n) is 2.63. The molecule has 1 aromatic heterocycles. The van der Waals surface area contributed by atoms with Crippen molar-refractivity contribution < 1.29 is 10.0 Å². The third-order valence-corrected chi connectivity index (χ3v) is 1.42. The molecule has 0 bridgehead atoms. The zero-order valence-corrected chi connectivity index (χ0v) is 10.1. The number of aliphatic hydroxyl groups excluding tert-OH is 1. The number of hydrogen-bond donors (Lipinski definition) is 1. The molecule has 0 aliphatic rings. The lowest BCUT2D eigenvalue weighted by molar-refractivity contribution is -0.390. The second-order valence-corrected chi connectivity index (χ2v) is 3.44. The Hall–Kier alpha value is -1.08. The first-order valence-electron chi connectivity index (χ1n) is 4.26. The van der Waals surface area contributed by atoms with E-state index >= 15 is 0 Å². The topological polar surface area (TPSA) is 76.3 Å². The van der Waals surface area contributed by atoms with Crippen LogP contribution in [0, 0.1) is 10.1 Å². The van der Waals surface area contributed by atoms with Crippen LogP contribution in [0.25, 0.3) is 0 Å². The van der Waals surface area contributed by atoms with Crippen LogP contribution in [0.5, 0.6) is 0 Å². The van der Waals surface area contributed by atoms with E-state index in [4.69, 9.17) is 5.11 Å². The molecule has 0 unspecified atom stereocenters. The van der Waals surface area contributed by atoms with Gasteiger partial charge in [-0.1, -0.05) is 0 Å². The van der Waals surface area contributed by atoms with Gasteiger partial charge < -0.3 is 15.2 Å². The van der Waals surface area contributed by atoms with Crippen LogP contribution >= 0.6 is 11.8 Å². The Labute approximate surface area is 101 Å². The predicted molar refractivity (Wildman–Crippen MR) is 66.9 cm³/mol. The Kier molecular flexibility index (Phi) is 11.3. The second kappa shape index (κ2) is 10.4. The van der Waals surface area contributed by atoms with Crippen LogP contribution in [0.2, 0.25) is 0 Å². The highest BCUT2D eigenvalue weighted by Gasteiger charge is 2.12. The summed E-state index contributed by atoms with van der Waals surface area (Å²) in [5, 5.41) is 18.9.